The van der Waals surface area contributed by atoms with E-state index in [-0.39, 0.29) is 11.1 Å². The molecule has 1 fully saturated rings. The summed E-state index contributed by atoms with van der Waals surface area (Å²) >= 11 is 0. The molecule has 1 saturated heterocycles. The van der Waals surface area contributed by atoms with Crippen LogP contribution in [0.15, 0.2) is 35.6 Å². The molecule has 5 heterocycles. The highest BCUT2D eigenvalue weighted by molar-refractivity contribution is 7.90. The molecule has 1 aliphatic heterocycles. The van der Waals surface area contributed by atoms with E-state index in [4.69, 9.17) is 9.72 Å². The second-order valence-corrected chi connectivity index (χ2v) is 9.44. The van der Waals surface area contributed by atoms with Crippen LogP contribution < -0.4 is 10.2 Å². The number of pyridine rings is 1. The standard InChI is InChI=1S/C19H22N8O3S/c1-12-11-30-9-8-25(12)17-15-4-5-16(31(3,28)29)27(15)24-19(23-17)26-14-6-7-21-10-13(14)22-18(26)20-2/h4-7,10,12H,8-9,11H2,1-3H3,(H,20,22)/t12-/m1/s1. The summed E-state index contributed by atoms with van der Waals surface area (Å²) in [6.45, 7) is 3.82. The lowest BCUT2D eigenvalue weighted by Crippen LogP contribution is -2.44. The fraction of sp³-hybridized carbons (Fsp3) is 0.368. The molecule has 162 valence electrons. The van der Waals surface area contributed by atoms with Crippen LogP contribution in [0.3, 0.4) is 0 Å². The van der Waals surface area contributed by atoms with Crippen LogP contribution in [0.2, 0.25) is 0 Å². The summed E-state index contributed by atoms with van der Waals surface area (Å²) in [6, 6.07) is 5.20. The fourth-order valence-corrected chi connectivity index (χ4v) is 4.65. The Bertz CT molecular complexity index is 1390. The number of rotatable bonds is 4. The molecule has 0 spiro atoms. The number of nitrogens with one attached hydrogen (secondary N) is 1. The summed E-state index contributed by atoms with van der Waals surface area (Å²) in [5, 5.41) is 7.78. The van der Waals surface area contributed by atoms with E-state index in [1.807, 2.05) is 6.07 Å². The van der Waals surface area contributed by atoms with E-state index in [1.165, 1.54) is 10.8 Å². The molecule has 31 heavy (non-hydrogen) atoms. The normalized spacial score (nSPS) is 17.5. The van der Waals surface area contributed by atoms with E-state index >= 15 is 0 Å². The van der Waals surface area contributed by atoms with Gasteiger partial charge in [0.1, 0.15) is 11.0 Å². The van der Waals surface area contributed by atoms with Crippen LogP contribution in [0.25, 0.3) is 22.5 Å². The lowest BCUT2D eigenvalue weighted by molar-refractivity contribution is 0.0986. The summed E-state index contributed by atoms with van der Waals surface area (Å²) in [7, 11) is -1.76. The minimum absolute atomic E-state index is 0.0735. The van der Waals surface area contributed by atoms with Crippen molar-refractivity contribution in [3.05, 3.63) is 30.6 Å². The lowest BCUT2D eigenvalue weighted by Gasteiger charge is -2.34. The van der Waals surface area contributed by atoms with Crippen molar-refractivity contribution in [1.29, 1.82) is 0 Å². The summed E-state index contributed by atoms with van der Waals surface area (Å²) in [6.07, 6.45) is 4.50. The maximum atomic E-state index is 12.4. The molecule has 1 N–H and O–H groups in total. The van der Waals surface area contributed by atoms with Crippen LogP contribution in [0.4, 0.5) is 11.8 Å². The number of fused-ring (bicyclic) bond motifs is 2. The summed E-state index contributed by atoms with van der Waals surface area (Å²) in [4.78, 5) is 15.7. The van der Waals surface area contributed by atoms with E-state index in [0.29, 0.717) is 48.5 Å². The SMILES string of the molecule is CNc1nc2cnccc2n1-c1nc(N2CCOC[C@H]2C)c2ccc(S(C)(=O)=O)n2n1. The number of imidazole rings is 1. The van der Waals surface area contributed by atoms with Crippen molar-refractivity contribution >= 4 is 38.2 Å². The largest absolute Gasteiger partial charge is 0.377 e. The summed E-state index contributed by atoms with van der Waals surface area (Å²) < 4.78 is 33.7. The van der Waals surface area contributed by atoms with Crippen LogP contribution in [-0.4, -0.2) is 76.7 Å². The first-order chi connectivity index (χ1) is 14.9. The van der Waals surface area contributed by atoms with E-state index in [9.17, 15) is 8.42 Å². The quantitative estimate of drug-likeness (QED) is 0.496. The van der Waals surface area contributed by atoms with Crippen molar-refractivity contribution < 1.29 is 13.2 Å². The van der Waals surface area contributed by atoms with Gasteiger partial charge in [-0.3, -0.25) is 4.98 Å². The molecule has 0 unspecified atom stereocenters. The molecule has 4 aromatic heterocycles. The lowest BCUT2D eigenvalue weighted by atomic mass is 10.2. The molecule has 4 aromatic rings. The van der Waals surface area contributed by atoms with Crippen LogP contribution >= 0.6 is 0 Å². The molecule has 0 bridgehead atoms. The van der Waals surface area contributed by atoms with E-state index in [2.05, 4.69) is 32.2 Å². The predicted molar refractivity (Wildman–Crippen MR) is 116 cm³/mol. The molecule has 0 saturated carbocycles. The van der Waals surface area contributed by atoms with E-state index in [1.54, 1.807) is 36.1 Å². The Morgan fingerprint density at radius 2 is 2.03 bits per heavy atom. The summed E-state index contributed by atoms with van der Waals surface area (Å²) in [5.41, 5.74) is 2.05. The number of anilines is 2. The Kier molecular flexibility index (Phi) is 4.55. The van der Waals surface area contributed by atoms with Gasteiger partial charge in [-0.25, -0.2) is 22.5 Å². The molecule has 0 aromatic carbocycles. The first kappa shape index (κ1) is 19.7. The Morgan fingerprint density at radius 1 is 1.19 bits per heavy atom. The van der Waals surface area contributed by atoms with Gasteiger partial charge in [-0.2, -0.15) is 4.98 Å². The van der Waals surface area contributed by atoms with Crippen LogP contribution in [0.5, 0.6) is 0 Å². The van der Waals surface area contributed by atoms with Gasteiger partial charge in [-0.05, 0) is 25.1 Å². The first-order valence-corrected chi connectivity index (χ1v) is 11.7. The van der Waals surface area contributed by atoms with Gasteiger partial charge in [0.25, 0.3) is 5.95 Å². The van der Waals surface area contributed by atoms with Gasteiger partial charge in [-0.15, -0.1) is 5.10 Å². The molecule has 0 aliphatic carbocycles. The van der Waals surface area contributed by atoms with Gasteiger partial charge in [-0.1, -0.05) is 0 Å². The number of morpholine rings is 1. The molecule has 1 aliphatic rings. The van der Waals surface area contributed by atoms with Gasteiger partial charge in [0.2, 0.25) is 5.95 Å². The van der Waals surface area contributed by atoms with Crippen molar-refractivity contribution in [2.75, 3.05) is 43.3 Å². The molecule has 0 amide bonds. The molecular formula is C19H22N8O3S. The van der Waals surface area contributed by atoms with Crippen molar-refractivity contribution in [2.24, 2.45) is 0 Å². The summed E-state index contributed by atoms with van der Waals surface area (Å²) in [5.74, 6) is 1.48. The van der Waals surface area contributed by atoms with Gasteiger partial charge in [0, 0.05) is 26.0 Å². The third-order valence-electron chi connectivity index (χ3n) is 5.35. The van der Waals surface area contributed by atoms with E-state index in [0.717, 1.165) is 5.52 Å². The van der Waals surface area contributed by atoms with Crippen molar-refractivity contribution in [2.45, 2.75) is 18.0 Å². The minimum atomic E-state index is -3.51. The monoisotopic (exact) mass is 442 g/mol. The maximum absolute atomic E-state index is 12.4. The van der Waals surface area contributed by atoms with Crippen molar-refractivity contribution in [3.63, 3.8) is 0 Å². The van der Waals surface area contributed by atoms with Crippen molar-refractivity contribution in [1.82, 2.24) is 29.1 Å². The average Bonchev–Trinajstić information content (AvgIpc) is 3.34. The van der Waals surface area contributed by atoms with Gasteiger partial charge < -0.3 is 15.0 Å². The number of hydrogen-bond donors (Lipinski definition) is 1. The highest BCUT2D eigenvalue weighted by atomic mass is 32.2. The number of hydrogen-bond acceptors (Lipinski definition) is 9. The smallest absolute Gasteiger partial charge is 0.257 e. The number of sulfone groups is 1. The van der Waals surface area contributed by atoms with Gasteiger partial charge in [0.15, 0.2) is 20.7 Å². The average molecular weight is 443 g/mol. The Labute approximate surface area is 178 Å². The topological polar surface area (TPSA) is 120 Å². The van der Waals surface area contributed by atoms with Gasteiger partial charge >= 0.3 is 0 Å². The number of ether oxygens (including phenoxy) is 1. The Balaban J connectivity index is 1.84. The molecule has 1 atom stereocenters. The Hall–Kier alpha value is -3.25. The van der Waals surface area contributed by atoms with Crippen molar-refractivity contribution in [3.8, 4) is 5.95 Å². The molecule has 11 nitrogen and oxygen atoms in total. The first-order valence-electron chi connectivity index (χ1n) is 9.83. The van der Waals surface area contributed by atoms with Crippen LogP contribution in [0.1, 0.15) is 6.92 Å². The van der Waals surface area contributed by atoms with E-state index < -0.39 is 9.84 Å². The maximum Gasteiger partial charge on any atom is 0.257 e. The molecular weight excluding hydrogens is 420 g/mol. The predicted octanol–water partition coefficient (Wildman–Crippen LogP) is 1.13. The Morgan fingerprint density at radius 3 is 2.77 bits per heavy atom. The second kappa shape index (κ2) is 7.17. The van der Waals surface area contributed by atoms with Gasteiger partial charge in [0.05, 0.1) is 31.0 Å². The molecule has 12 heteroatoms. The highest BCUT2D eigenvalue weighted by Crippen LogP contribution is 2.29. The number of aromatic nitrogens is 6. The third-order valence-corrected chi connectivity index (χ3v) is 6.41. The highest BCUT2D eigenvalue weighted by Gasteiger charge is 2.27. The zero-order valence-corrected chi connectivity index (χ0v) is 18.2. The minimum Gasteiger partial charge on any atom is -0.377 e. The molecule has 0 radical (unpaired) electrons. The van der Waals surface area contributed by atoms with Crippen LogP contribution in [0, 0.1) is 0 Å². The number of nitrogens with zero attached hydrogens (tertiary/aromatic N) is 7. The second-order valence-electron chi connectivity index (χ2n) is 7.48. The zero-order valence-electron chi connectivity index (χ0n) is 17.3. The molecule has 5 rings (SSSR count). The fourth-order valence-electron chi connectivity index (χ4n) is 3.88. The zero-order chi connectivity index (χ0) is 21.8. The van der Waals surface area contributed by atoms with Crippen LogP contribution in [-0.2, 0) is 14.6 Å². The third kappa shape index (κ3) is 3.18.